The number of hydroxylamine groups is 1. The Kier molecular flexibility index (Phi) is 8.52. The molecular formula is C27H33N3O6. The van der Waals surface area contributed by atoms with Gasteiger partial charge in [-0.2, -0.15) is 0 Å². The lowest BCUT2D eigenvalue weighted by atomic mass is 10.0. The van der Waals surface area contributed by atoms with E-state index in [1.54, 1.807) is 6.08 Å². The standard InChI is InChI=1S/C27H33N3O6/c1-16-20(21-5-3-4-6-22(21)29-16)13-14-28-15-19-9-7-18(8-10-19)11-12-23(31)30-36-27-26(34)25(33)24(32)17(2)35-27/h3-12,17,24-29,32-34H,13-15H2,1-2H3,(H,30,31)/b12-11+/t17-,24+,25+,26-,27-/m0/s1. The van der Waals surface area contributed by atoms with Crippen LogP contribution < -0.4 is 10.8 Å². The molecule has 192 valence electrons. The number of carbonyl (C=O) groups excluding carboxylic acids is 1. The van der Waals surface area contributed by atoms with Gasteiger partial charge in [0.15, 0.2) is 0 Å². The molecule has 0 spiro atoms. The van der Waals surface area contributed by atoms with E-state index in [1.165, 1.54) is 35.2 Å². The number of aryl methyl sites for hydroxylation is 1. The van der Waals surface area contributed by atoms with Crippen LogP contribution in [0.2, 0.25) is 0 Å². The molecule has 9 nitrogen and oxygen atoms in total. The van der Waals surface area contributed by atoms with Crippen molar-refractivity contribution in [2.45, 2.75) is 57.5 Å². The SMILES string of the molecule is Cc1[nH]c2ccccc2c1CCNCc1ccc(/C=C/C(=O)NO[C@@H]2O[C@@H](C)[C@@H](O)[C@@H](O)[C@@H]2O)cc1. The molecule has 2 heterocycles. The zero-order chi connectivity index (χ0) is 25.7. The van der Waals surface area contributed by atoms with Crippen molar-refractivity contribution in [2.24, 2.45) is 0 Å². The van der Waals surface area contributed by atoms with Crippen LogP contribution in [0.3, 0.4) is 0 Å². The number of hydrogen-bond donors (Lipinski definition) is 6. The lowest BCUT2D eigenvalue weighted by Gasteiger charge is -2.38. The maximum Gasteiger partial charge on any atom is 0.267 e. The number of aliphatic hydroxyl groups is 3. The maximum atomic E-state index is 12.1. The van der Waals surface area contributed by atoms with Gasteiger partial charge in [-0.3, -0.25) is 4.79 Å². The van der Waals surface area contributed by atoms with Crippen LogP contribution >= 0.6 is 0 Å². The summed E-state index contributed by atoms with van der Waals surface area (Å²) in [5, 5.41) is 34.2. The Balaban J connectivity index is 1.20. The van der Waals surface area contributed by atoms with Gasteiger partial charge < -0.3 is 30.4 Å². The van der Waals surface area contributed by atoms with Gasteiger partial charge in [0, 0.05) is 29.2 Å². The zero-order valence-corrected chi connectivity index (χ0v) is 20.3. The second-order valence-electron chi connectivity index (χ2n) is 9.04. The summed E-state index contributed by atoms with van der Waals surface area (Å²) >= 11 is 0. The number of para-hydroxylation sites is 1. The molecular weight excluding hydrogens is 462 g/mol. The van der Waals surface area contributed by atoms with Crippen LogP contribution in [0.1, 0.15) is 29.3 Å². The fourth-order valence-corrected chi connectivity index (χ4v) is 4.28. The molecule has 5 atom stereocenters. The third-order valence-electron chi connectivity index (χ3n) is 6.40. The number of rotatable bonds is 9. The summed E-state index contributed by atoms with van der Waals surface area (Å²) in [5.74, 6) is -0.558. The molecule has 1 aromatic heterocycles. The predicted molar refractivity (Wildman–Crippen MR) is 136 cm³/mol. The van der Waals surface area contributed by atoms with Crippen LogP contribution in [0.25, 0.3) is 17.0 Å². The van der Waals surface area contributed by atoms with Crippen LogP contribution in [0, 0.1) is 6.92 Å². The summed E-state index contributed by atoms with van der Waals surface area (Å²) in [6, 6.07) is 16.2. The molecule has 1 aliphatic rings. The summed E-state index contributed by atoms with van der Waals surface area (Å²) in [5.41, 5.74) is 7.85. The minimum atomic E-state index is -1.49. The molecule has 0 radical (unpaired) electrons. The average molecular weight is 496 g/mol. The molecule has 4 rings (SSSR count). The normalized spacial score (nSPS) is 24.4. The maximum absolute atomic E-state index is 12.1. The van der Waals surface area contributed by atoms with E-state index in [9.17, 15) is 20.1 Å². The van der Waals surface area contributed by atoms with E-state index in [2.05, 4.69) is 40.9 Å². The third-order valence-corrected chi connectivity index (χ3v) is 6.40. The number of nitrogens with one attached hydrogen (secondary N) is 3. The molecule has 0 aliphatic carbocycles. The second-order valence-corrected chi connectivity index (χ2v) is 9.04. The molecule has 1 aliphatic heterocycles. The number of hydrogen-bond acceptors (Lipinski definition) is 7. The summed E-state index contributed by atoms with van der Waals surface area (Å²) in [7, 11) is 0. The molecule has 0 unspecified atom stereocenters. The van der Waals surface area contributed by atoms with Crippen LogP contribution in [0.5, 0.6) is 0 Å². The van der Waals surface area contributed by atoms with E-state index in [0.29, 0.717) is 0 Å². The van der Waals surface area contributed by atoms with E-state index in [-0.39, 0.29) is 0 Å². The van der Waals surface area contributed by atoms with E-state index in [0.717, 1.165) is 30.6 Å². The summed E-state index contributed by atoms with van der Waals surface area (Å²) < 4.78 is 5.26. The Morgan fingerprint density at radius 1 is 1.08 bits per heavy atom. The number of fused-ring (bicyclic) bond motifs is 1. The number of amides is 1. The van der Waals surface area contributed by atoms with Crippen molar-refractivity contribution in [3.05, 3.63) is 77.0 Å². The fourth-order valence-electron chi connectivity index (χ4n) is 4.28. The topological polar surface area (TPSA) is 136 Å². The van der Waals surface area contributed by atoms with Crippen LogP contribution in [0.4, 0.5) is 0 Å². The summed E-state index contributed by atoms with van der Waals surface area (Å²) in [4.78, 5) is 20.6. The number of aliphatic hydroxyl groups excluding tert-OH is 3. The molecule has 0 saturated carbocycles. The molecule has 9 heteroatoms. The molecule has 6 N–H and O–H groups in total. The van der Waals surface area contributed by atoms with Crippen molar-refractivity contribution < 1.29 is 29.7 Å². The van der Waals surface area contributed by atoms with Crippen LogP contribution in [0.15, 0.2) is 54.6 Å². The highest BCUT2D eigenvalue weighted by Gasteiger charge is 2.42. The van der Waals surface area contributed by atoms with Crippen LogP contribution in [-0.4, -0.2) is 63.5 Å². The van der Waals surface area contributed by atoms with Crippen molar-refractivity contribution in [3.8, 4) is 0 Å². The van der Waals surface area contributed by atoms with E-state index in [1.807, 2.05) is 30.3 Å². The Morgan fingerprint density at radius 3 is 2.61 bits per heavy atom. The van der Waals surface area contributed by atoms with Gasteiger partial charge in [0.05, 0.1) is 6.10 Å². The number of aromatic amines is 1. The quantitative estimate of drug-likeness (QED) is 0.151. The van der Waals surface area contributed by atoms with Crippen molar-refractivity contribution in [3.63, 3.8) is 0 Å². The molecule has 1 saturated heterocycles. The number of benzene rings is 2. The Bertz CT molecular complexity index is 1190. The third kappa shape index (κ3) is 6.19. The molecule has 2 aromatic carbocycles. The Hall–Kier alpha value is -3.05. The van der Waals surface area contributed by atoms with Gasteiger partial charge in [-0.1, -0.05) is 42.5 Å². The Morgan fingerprint density at radius 2 is 1.83 bits per heavy atom. The first kappa shape index (κ1) is 26.0. The molecule has 1 amide bonds. The van der Waals surface area contributed by atoms with Crippen molar-refractivity contribution in [1.29, 1.82) is 0 Å². The number of aromatic nitrogens is 1. The minimum Gasteiger partial charge on any atom is -0.388 e. The van der Waals surface area contributed by atoms with Gasteiger partial charge in [0.25, 0.3) is 5.91 Å². The highest BCUT2D eigenvalue weighted by molar-refractivity contribution is 5.91. The summed E-state index contributed by atoms with van der Waals surface area (Å²) in [6.45, 7) is 5.24. The number of carbonyl (C=O) groups is 1. The number of H-pyrrole nitrogens is 1. The summed E-state index contributed by atoms with van der Waals surface area (Å²) in [6.07, 6.45) is -2.35. The zero-order valence-electron chi connectivity index (χ0n) is 20.3. The van der Waals surface area contributed by atoms with Gasteiger partial charge in [-0.25, -0.2) is 10.3 Å². The smallest absolute Gasteiger partial charge is 0.267 e. The molecule has 0 bridgehead atoms. The molecule has 36 heavy (non-hydrogen) atoms. The van der Waals surface area contributed by atoms with Crippen LogP contribution in [-0.2, 0) is 27.3 Å². The minimum absolute atomic E-state index is 0.558. The second kappa shape index (κ2) is 11.8. The predicted octanol–water partition coefficient (Wildman–Crippen LogP) is 1.70. The largest absolute Gasteiger partial charge is 0.388 e. The Labute approximate surface area is 209 Å². The van der Waals surface area contributed by atoms with Gasteiger partial charge >= 0.3 is 0 Å². The van der Waals surface area contributed by atoms with Crippen molar-refractivity contribution in [1.82, 2.24) is 15.8 Å². The monoisotopic (exact) mass is 495 g/mol. The van der Waals surface area contributed by atoms with Crippen molar-refractivity contribution in [2.75, 3.05) is 6.54 Å². The molecule has 1 fully saturated rings. The highest BCUT2D eigenvalue weighted by Crippen LogP contribution is 2.22. The van der Waals surface area contributed by atoms with Gasteiger partial charge in [0.1, 0.15) is 18.3 Å². The van der Waals surface area contributed by atoms with E-state index < -0.39 is 36.6 Å². The van der Waals surface area contributed by atoms with Gasteiger partial charge in [0.2, 0.25) is 6.29 Å². The van der Waals surface area contributed by atoms with E-state index >= 15 is 0 Å². The highest BCUT2D eigenvalue weighted by atomic mass is 16.8. The lowest BCUT2D eigenvalue weighted by molar-refractivity contribution is -0.305. The van der Waals surface area contributed by atoms with Crippen molar-refractivity contribution >= 4 is 22.9 Å². The number of ether oxygens (including phenoxy) is 1. The van der Waals surface area contributed by atoms with Gasteiger partial charge in [-0.05, 0) is 55.6 Å². The lowest BCUT2D eigenvalue weighted by Crippen LogP contribution is -2.58. The fraction of sp³-hybridized carbons (Fsp3) is 0.370. The first-order valence-electron chi connectivity index (χ1n) is 12.0. The first-order valence-corrected chi connectivity index (χ1v) is 12.0. The van der Waals surface area contributed by atoms with E-state index in [4.69, 9.17) is 9.57 Å². The average Bonchev–Trinajstić information content (AvgIpc) is 3.20. The molecule has 3 aromatic rings. The van der Waals surface area contributed by atoms with Gasteiger partial charge in [-0.15, -0.1) is 0 Å². The first-order chi connectivity index (χ1) is 17.3.